The average molecular weight is 490 g/mol. The molecule has 0 aliphatic heterocycles. The van der Waals surface area contributed by atoms with E-state index in [-0.39, 0.29) is 23.1 Å². The second-order valence-electron chi connectivity index (χ2n) is 7.87. The van der Waals surface area contributed by atoms with Crippen LogP contribution in [0.15, 0.2) is 71.7 Å². The van der Waals surface area contributed by atoms with Gasteiger partial charge in [-0.3, -0.25) is 14.4 Å². The Labute approximate surface area is 205 Å². The van der Waals surface area contributed by atoms with Gasteiger partial charge in [0.05, 0.1) is 32.4 Å². The molecule has 3 aromatic carbocycles. The third-order valence-electron chi connectivity index (χ3n) is 5.59. The van der Waals surface area contributed by atoms with E-state index in [1.807, 2.05) is 0 Å². The first kappa shape index (κ1) is 24.5. The summed E-state index contributed by atoms with van der Waals surface area (Å²) in [5, 5.41) is 2.74. The fourth-order valence-corrected chi connectivity index (χ4v) is 3.79. The number of carbonyl (C=O) groups excluding carboxylic acids is 2. The van der Waals surface area contributed by atoms with Gasteiger partial charge in [-0.1, -0.05) is 0 Å². The van der Waals surface area contributed by atoms with Crippen LogP contribution in [0.1, 0.15) is 15.9 Å². The maximum absolute atomic E-state index is 14.0. The largest absolute Gasteiger partial charge is 0.497 e. The minimum Gasteiger partial charge on any atom is -0.497 e. The van der Waals surface area contributed by atoms with E-state index in [2.05, 4.69) is 5.32 Å². The fraction of sp³-hybridized carbons (Fsp3) is 0.148. The number of nitrogens with one attached hydrogen (secondary N) is 1. The number of carbonyl (C=O) groups is 2. The zero-order valence-electron chi connectivity index (χ0n) is 19.8. The number of aromatic nitrogens is 1. The maximum Gasteiger partial charge on any atom is 0.244 e. The van der Waals surface area contributed by atoms with Gasteiger partial charge in [-0.2, -0.15) is 0 Å². The Morgan fingerprint density at radius 2 is 1.50 bits per heavy atom. The van der Waals surface area contributed by atoms with Gasteiger partial charge in [-0.15, -0.1) is 0 Å². The lowest BCUT2D eigenvalue weighted by atomic mass is 10.0. The van der Waals surface area contributed by atoms with Gasteiger partial charge in [0.2, 0.25) is 11.3 Å². The van der Waals surface area contributed by atoms with E-state index in [4.69, 9.17) is 14.2 Å². The van der Waals surface area contributed by atoms with Crippen molar-refractivity contribution in [3.05, 3.63) is 94.0 Å². The minimum absolute atomic E-state index is 0.00906. The molecule has 9 heteroatoms. The molecule has 0 radical (unpaired) electrons. The monoisotopic (exact) mass is 490 g/mol. The quantitative estimate of drug-likeness (QED) is 0.375. The summed E-state index contributed by atoms with van der Waals surface area (Å²) in [6, 6.07) is 14.8. The lowest BCUT2D eigenvalue weighted by Crippen LogP contribution is -2.24. The molecule has 0 saturated carbocycles. The number of ether oxygens (including phenoxy) is 3. The van der Waals surface area contributed by atoms with Gasteiger partial charge >= 0.3 is 0 Å². The Morgan fingerprint density at radius 3 is 2.11 bits per heavy atom. The standard InChI is InChI=1S/C27H23FN2O6/c1-34-19-7-4-16(5-8-19)26(32)23-14-30(24-9-6-17(28)10-22(24)27(23)33)15-25(31)29-18-11-20(35-2)13-21(12-18)36-3/h4-14H,15H2,1-3H3,(H,29,31). The van der Waals surface area contributed by atoms with Gasteiger partial charge in [0, 0.05) is 41.0 Å². The Morgan fingerprint density at radius 1 is 0.861 bits per heavy atom. The van der Waals surface area contributed by atoms with Gasteiger partial charge in [-0.25, -0.2) is 4.39 Å². The summed E-state index contributed by atoms with van der Waals surface area (Å²) < 4.78 is 31.0. The molecular weight excluding hydrogens is 467 g/mol. The number of hydrogen-bond acceptors (Lipinski definition) is 6. The number of amides is 1. The molecule has 184 valence electrons. The molecule has 0 bridgehead atoms. The van der Waals surface area contributed by atoms with Crippen LogP contribution in [-0.4, -0.2) is 37.6 Å². The highest BCUT2D eigenvalue weighted by Crippen LogP contribution is 2.26. The van der Waals surface area contributed by atoms with Crippen LogP contribution >= 0.6 is 0 Å². The summed E-state index contributed by atoms with van der Waals surface area (Å²) >= 11 is 0. The number of benzene rings is 3. The third-order valence-corrected chi connectivity index (χ3v) is 5.59. The number of hydrogen-bond donors (Lipinski definition) is 1. The average Bonchev–Trinajstić information content (AvgIpc) is 2.89. The predicted octanol–water partition coefficient (Wildman–Crippen LogP) is 4.04. The van der Waals surface area contributed by atoms with E-state index < -0.39 is 22.9 Å². The van der Waals surface area contributed by atoms with Crippen molar-refractivity contribution in [3.8, 4) is 17.2 Å². The summed E-state index contributed by atoms with van der Waals surface area (Å²) in [6.45, 7) is -0.245. The van der Waals surface area contributed by atoms with Crippen molar-refractivity contribution in [1.82, 2.24) is 4.57 Å². The summed E-state index contributed by atoms with van der Waals surface area (Å²) in [5.74, 6) is -0.103. The van der Waals surface area contributed by atoms with Gasteiger partial charge in [0.15, 0.2) is 5.78 Å². The van der Waals surface area contributed by atoms with E-state index in [0.29, 0.717) is 28.5 Å². The molecule has 4 aromatic rings. The number of halogens is 1. The van der Waals surface area contributed by atoms with Crippen molar-refractivity contribution in [2.45, 2.75) is 6.54 Å². The van der Waals surface area contributed by atoms with Crippen molar-refractivity contribution < 1.29 is 28.2 Å². The molecule has 1 N–H and O–H groups in total. The van der Waals surface area contributed by atoms with Crippen molar-refractivity contribution in [2.75, 3.05) is 26.6 Å². The number of methoxy groups -OCH3 is 3. The molecular formula is C27H23FN2O6. The molecule has 8 nitrogen and oxygen atoms in total. The molecule has 0 unspecified atom stereocenters. The Kier molecular flexibility index (Phi) is 7.00. The number of rotatable bonds is 8. The minimum atomic E-state index is -0.631. The van der Waals surface area contributed by atoms with Crippen LogP contribution in [-0.2, 0) is 11.3 Å². The van der Waals surface area contributed by atoms with Crippen LogP contribution in [0.25, 0.3) is 10.9 Å². The second kappa shape index (κ2) is 10.3. The van der Waals surface area contributed by atoms with Crippen LogP contribution in [0.3, 0.4) is 0 Å². The van der Waals surface area contributed by atoms with Crippen molar-refractivity contribution >= 4 is 28.3 Å². The summed E-state index contributed by atoms with van der Waals surface area (Å²) in [4.78, 5) is 39.3. The van der Waals surface area contributed by atoms with Crippen molar-refractivity contribution in [1.29, 1.82) is 0 Å². The lowest BCUT2D eigenvalue weighted by molar-refractivity contribution is -0.116. The zero-order chi connectivity index (χ0) is 25.8. The Balaban J connectivity index is 1.72. The number of ketones is 1. The molecule has 0 aliphatic rings. The third kappa shape index (κ3) is 5.05. The molecule has 0 atom stereocenters. The maximum atomic E-state index is 14.0. The molecule has 0 spiro atoms. The highest BCUT2D eigenvalue weighted by atomic mass is 19.1. The van der Waals surface area contributed by atoms with E-state index in [9.17, 15) is 18.8 Å². The van der Waals surface area contributed by atoms with Crippen LogP contribution < -0.4 is 25.0 Å². The highest BCUT2D eigenvalue weighted by molar-refractivity contribution is 6.10. The highest BCUT2D eigenvalue weighted by Gasteiger charge is 2.19. The van der Waals surface area contributed by atoms with Crippen LogP contribution in [0.4, 0.5) is 10.1 Å². The van der Waals surface area contributed by atoms with Gasteiger partial charge in [0.25, 0.3) is 0 Å². The topological polar surface area (TPSA) is 95.9 Å². The van der Waals surface area contributed by atoms with Crippen LogP contribution in [0, 0.1) is 5.82 Å². The van der Waals surface area contributed by atoms with E-state index in [0.717, 1.165) is 6.07 Å². The first-order chi connectivity index (χ1) is 17.3. The van der Waals surface area contributed by atoms with Crippen molar-refractivity contribution in [3.63, 3.8) is 0 Å². The number of pyridine rings is 1. The normalized spacial score (nSPS) is 10.7. The summed E-state index contributed by atoms with van der Waals surface area (Å²) in [5.41, 5.74) is 0.185. The predicted molar refractivity (Wildman–Crippen MR) is 133 cm³/mol. The van der Waals surface area contributed by atoms with Crippen molar-refractivity contribution in [2.24, 2.45) is 0 Å². The van der Waals surface area contributed by atoms with E-state index in [1.165, 1.54) is 56.4 Å². The number of anilines is 1. The molecule has 0 fully saturated rings. The Bertz CT molecular complexity index is 1490. The van der Waals surface area contributed by atoms with Crippen LogP contribution in [0.5, 0.6) is 17.2 Å². The molecule has 1 amide bonds. The summed E-state index contributed by atoms with van der Waals surface area (Å²) in [7, 11) is 4.49. The molecule has 1 heterocycles. The molecule has 0 saturated heterocycles. The SMILES string of the molecule is COc1ccc(C(=O)c2cn(CC(=O)Nc3cc(OC)cc(OC)c3)c3ccc(F)cc3c2=O)cc1. The molecule has 36 heavy (non-hydrogen) atoms. The van der Waals surface area contributed by atoms with Crippen LogP contribution in [0.2, 0.25) is 0 Å². The molecule has 1 aromatic heterocycles. The first-order valence-electron chi connectivity index (χ1n) is 10.9. The smallest absolute Gasteiger partial charge is 0.244 e. The second-order valence-corrected chi connectivity index (χ2v) is 7.87. The van der Waals surface area contributed by atoms with Gasteiger partial charge in [-0.05, 0) is 42.5 Å². The fourth-order valence-electron chi connectivity index (χ4n) is 3.79. The van der Waals surface area contributed by atoms with Gasteiger partial charge < -0.3 is 24.1 Å². The number of fused-ring (bicyclic) bond motifs is 1. The lowest BCUT2D eigenvalue weighted by Gasteiger charge is -2.14. The Hall–Kier alpha value is -4.66. The zero-order valence-corrected chi connectivity index (χ0v) is 19.8. The number of nitrogens with zero attached hydrogens (tertiary/aromatic N) is 1. The summed E-state index contributed by atoms with van der Waals surface area (Å²) in [6.07, 6.45) is 1.32. The van der Waals surface area contributed by atoms with E-state index >= 15 is 0 Å². The molecule has 0 aliphatic carbocycles. The first-order valence-corrected chi connectivity index (χ1v) is 10.9. The van der Waals surface area contributed by atoms with E-state index in [1.54, 1.807) is 30.3 Å². The molecule has 4 rings (SSSR count). The van der Waals surface area contributed by atoms with Gasteiger partial charge in [0.1, 0.15) is 29.6 Å².